The summed E-state index contributed by atoms with van der Waals surface area (Å²) >= 11 is 5.88. The number of nitrogens with one attached hydrogen (secondary N) is 2. The van der Waals surface area contributed by atoms with Crippen LogP contribution in [-0.2, 0) is 0 Å². The Hall–Kier alpha value is -1.26. The summed E-state index contributed by atoms with van der Waals surface area (Å²) in [6.45, 7) is 7.58. The average molecular weight is 285 g/mol. The molecule has 2 amide bonds. The monoisotopic (exact) mass is 284 g/mol. The minimum absolute atomic E-state index is 0.0562. The number of aliphatic hydroxyl groups is 1. The molecule has 1 aromatic rings. The maximum atomic E-state index is 11.8. The largest absolute Gasteiger partial charge is 0.388 e. The fourth-order valence-corrected chi connectivity index (χ4v) is 1.53. The lowest BCUT2D eigenvalue weighted by Crippen LogP contribution is -2.45. The molecule has 3 N–H and O–H groups in total. The van der Waals surface area contributed by atoms with Crippen LogP contribution in [0.1, 0.15) is 26.3 Å². The second-order valence-corrected chi connectivity index (χ2v) is 5.72. The first-order valence-corrected chi connectivity index (χ1v) is 6.63. The number of urea groups is 1. The van der Waals surface area contributed by atoms with Crippen LogP contribution in [0.25, 0.3) is 0 Å². The Morgan fingerprint density at radius 2 is 2.11 bits per heavy atom. The van der Waals surface area contributed by atoms with Crippen molar-refractivity contribution in [3.8, 4) is 0 Å². The van der Waals surface area contributed by atoms with Crippen LogP contribution in [-0.4, -0.2) is 23.3 Å². The Morgan fingerprint density at radius 3 is 2.68 bits per heavy atom. The number of anilines is 1. The number of carbonyl (C=O) groups is 1. The Balaban J connectivity index is 2.59. The molecular weight excluding hydrogens is 264 g/mol. The van der Waals surface area contributed by atoms with Gasteiger partial charge < -0.3 is 15.7 Å². The van der Waals surface area contributed by atoms with E-state index in [9.17, 15) is 9.90 Å². The van der Waals surface area contributed by atoms with Gasteiger partial charge in [0.25, 0.3) is 0 Å². The molecule has 1 atom stereocenters. The maximum Gasteiger partial charge on any atom is 0.319 e. The number of amides is 2. The molecule has 0 aliphatic rings. The molecule has 0 fully saturated rings. The van der Waals surface area contributed by atoms with Crippen LogP contribution in [0.4, 0.5) is 10.5 Å². The van der Waals surface area contributed by atoms with E-state index in [0.29, 0.717) is 10.7 Å². The van der Waals surface area contributed by atoms with Crippen molar-refractivity contribution < 1.29 is 9.90 Å². The minimum atomic E-state index is -0.930. The van der Waals surface area contributed by atoms with Gasteiger partial charge in [-0.2, -0.15) is 0 Å². The zero-order valence-electron chi connectivity index (χ0n) is 11.7. The summed E-state index contributed by atoms with van der Waals surface area (Å²) in [7, 11) is 0. The van der Waals surface area contributed by atoms with Crippen LogP contribution < -0.4 is 10.6 Å². The smallest absolute Gasteiger partial charge is 0.319 e. The Labute approximate surface area is 119 Å². The molecule has 4 nitrogen and oxygen atoms in total. The van der Waals surface area contributed by atoms with Gasteiger partial charge in [-0.25, -0.2) is 4.79 Å². The highest BCUT2D eigenvalue weighted by Gasteiger charge is 2.25. The standard InChI is InChI=1S/C14H21ClN2O2/c1-9(2)14(4,19)8-16-13(18)17-12-7-11(15)6-5-10(12)3/h5-7,9,19H,8H2,1-4H3,(H2,16,17,18). The molecule has 1 unspecified atom stereocenters. The van der Waals surface area contributed by atoms with Gasteiger partial charge in [-0.3, -0.25) is 0 Å². The van der Waals surface area contributed by atoms with E-state index in [1.807, 2.05) is 26.8 Å². The minimum Gasteiger partial charge on any atom is -0.388 e. The van der Waals surface area contributed by atoms with Crippen LogP contribution in [0, 0.1) is 12.8 Å². The molecule has 5 heteroatoms. The van der Waals surface area contributed by atoms with Crippen molar-refractivity contribution in [2.75, 3.05) is 11.9 Å². The summed E-state index contributed by atoms with van der Waals surface area (Å²) in [4.78, 5) is 11.8. The molecule has 1 aromatic carbocycles. The van der Waals surface area contributed by atoms with E-state index in [0.717, 1.165) is 5.56 Å². The third kappa shape index (κ3) is 4.73. The quantitative estimate of drug-likeness (QED) is 0.795. The van der Waals surface area contributed by atoms with Crippen molar-refractivity contribution >= 4 is 23.3 Å². The molecule has 0 spiro atoms. The van der Waals surface area contributed by atoms with Crippen LogP contribution >= 0.6 is 11.6 Å². The molecule has 19 heavy (non-hydrogen) atoms. The highest BCUT2D eigenvalue weighted by molar-refractivity contribution is 6.31. The number of carbonyl (C=O) groups excluding carboxylic acids is 1. The van der Waals surface area contributed by atoms with Gasteiger partial charge in [0.15, 0.2) is 0 Å². The Morgan fingerprint density at radius 1 is 1.47 bits per heavy atom. The van der Waals surface area contributed by atoms with E-state index in [-0.39, 0.29) is 18.5 Å². The number of aryl methyl sites for hydroxylation is 1. The topological polar surface area (TPSA) is 61.4 Å². The van der Waals surface area contributed by atoms with Gasteiger partial charge in [0.1, 0.15) is 0 Å². The fourth-order valence-electron chi connectivity index (χ4n) is 1.36. The second-order valence-electron chi connectivity index (χ2n) is 5.28. The molecule has 0 heterocycles. The molecule has 0 aliphatic heterocycles. The van der Waals surface area contributed by atoms with Crippen molar-refractivity contribution in [1.29, 1.82) is 0 Å². The third-order valence-corrected chi connectivity index (χ3v) is 3.53. The van der Waals surface area contributed by atoms with E-state index >= 15 is 0 Å². The van der Waals surface area contributed by atoms with E-state index in [1.165, 1.54) is 0 Å². The number of halogens is 1. The van der Waals surface area contributed by atoms with E-state index < -0.39 is 5.60 Å². The molecule has 0 radical (unpaired) electrons. The van der Waals surface area contributed by atoms with Gasteiger partial charge in [0, 0.05) is 17.3 Å². The summed E-state index contributed by atoms with van der Waals surface area (Å²) in [5.74, 6) is 0.0562. The highest BCUT2D eigenvalue weighted by Crippen LogP contribution is 2.20. The summed E-state index contributed by atoms with van der Waals surface area (Å²) < 4.78 is 0. The summed E-state index contributed by atoms with van der Waals surface area (Å²) in [5, 5.41) is 16.0. The first-order chi connectivity index (χ1) is 8.72. The Kier molecular flexibility index (Phi) is 5.20. The molecule has 0 saturated carbocycles. The van der Waals surface area contributed by atoms with Gasteiger partial charge in [0.05, 0.1) is 5.60 Å². The third-order valence-electron chi connectivity index (χ3n) is 3.30. The lowest BCUT2D eigenvalue weighted by atomic mass is 9.93. The van der Waals surface area contributed by atoms with Crippen LogP contribution in [0.5, 0.6) is 0 Å². The van der Waals surface area contributed by atoms with Gasteiger partial charge in [-0.15, -0.1) is 0 Å². The SMILES string of the molecule is Cc1ccc(Cl)cc1NC(=O)NCC(C)(O)C(C)C. The van der Waals surface area contributed by atoms with Crippen molar-refractivity contribution in [1.82, 2.24) is 5.32 Å². The van der Waals surface area contributed by atoms with Crippen LogP contribution in [0.3, 0.4) is 0 Å². The summed E-state index contributed by atoms with van der Waals surface area (Å²) in [5.41, 5.74) is 0.658. The molecule has 0 saturated heterocycles. The number of hydrogen-bond donors (Lipinski definition) is 3. The van der Waals surface area contributed by atoms with Crippen molar-refractivity contribution in [2.45, 2.75) is 33.3 Å². The lowest BCUT2D eigenvalue weighted by Gasteiger charge is -2.27. The maximum absolute atomic E-state index is 11.8. The first-order valence-electron chi connectivity index (χ1n) is 6.26. The second kappa shape index (κ2) is 6.26. The predicted octanol–water partition coefficient (Wildman–Crippen LogP) is 3.18. The lowest BCUT2D eigenvalue weighted by molar-refractivity contribution is 0.0170. The van der Waals surface area contributed by atoms with E-state index in [1.54, 1.807) is 19.1 Å². The Bertz CT molecular complexity index is 459. The molecule has 106 valence electrons. The molecule has 1 rings (SSSR count). The van der Waals surface area contributed by atoms with E-state index in [4.69, 9.17) is 11.6 Å². The first kappa shape index (κ1) is 15.8. The zero-order valence-corrected chi connectivity index (χ0v) is 12.5. The molecular formula is C14H21ClN2O2. The van der Waals surface area contributed by atoms with E-state index in [2.05, 4.69) is 10.6 Å². The molecule has 0 aliphatic carbocycles. The predicted molar refractivity (Wildman–Crippen MR) is 78.7 cm³/mol. The highest BCUT2D eigenvalue weighted by atomic mass is 35.5. The van der Waals surface area contributed by atoms with Crippen LogP contribution in [0.15, 0.2) is 18.2 Å². The number of benzene rings is 1. The summed E-state index contributed by atoms with van der Waals surface area (Å²) in [6, 6.07) is 4.94. The van der Waals surface area contributed by atoms with Gasteiger partial charge in [0.2, 0.25) is 0 Å². The number of hydrogen-bond acceptors (Lipinski definition) is 2. The molecule has 0 aromatic heterocycles. The van der Waals surface area contributed by atoms with Crippen LogP contribution in [0.2, 0.25) is 5.02 Å². The van der Waals surface area contributed by atoms with Gasteiger partial charge in [-0.1, -0.05) is 31.5 Å². The number of rotatable bonds is 4. The average Bonchev–Trinajstić information content (AvgIpc) is 2.31. The zero-order chi connectivity index (χ0) is 14.6. The normalized spacial score (nSPS) is 14.1. The summed E-state index contributed by atoms with van der Waals surface area (Å²) in [6.07, 6.45) is 0. The molecule has 0 bridgehead atoms. The van der Waals surface area contributed by atoms with Gasteiger partial charge >= 0.3 is 6.03 Å². The van der Waals surface area contributed by atoms with Crippen molar-refractivity contribution in [3.63, 3.8) is 0 Å². The van der Waals surface area contributed by atoms with Crippen molar-refractivity contribution in [2.24, 2.45) is 5.92 Å². The van der Waals surface area contributed by atoms with Gasteiger partial charge in [-0.05, 0) is 37.5 Å². The fraction of sp³-hybridized carbons (Fsp3) is 0.500. The van der Waals surface area contributed by atoms with Crippen molar-refractivity contribution in [3.05, 3.63) is 28.8 Å².